The van der Waals surface area contributed by atoms with Crippen molar-refractivity contribution in [3.8, 4) is 0 Å². The molecule has 4 heteroatoms. The van der Waals surface area contributed by atoms with Gasteiger partial charge >= 0.3 is 5.97 Å². The Balaban J connectivity index is 1.85. The first kappa shape index (κ1) is 15.8. The maximum absolute atomic E-state index is 11.1. The van der Waals surface area contributed by atoms with Crippen LogP contribution < -0.4 is 5.32 Å². The van der Waals surface area contributed by atoms with Gasteiger partial charge in [0.2, 0.25) is 0 Å². The zero-order valence-corrected chi connectivity index (χ0v) is 13.2. The minimum atomic E-state index is -0.782. The molecule has 0 heterocycles. The second kappa shape index (κ2) is 5.64. The molecule has 4 atom stereocenters. The summed E-state index contributed by atoms with van der Waals surface area (Å²) in [5, 5.41) is 12.1. The van der Waals surface area contributed by atoms with Crippen molar-refractivity contribution >= 4 is 5.97 Å². The Morgan fingerprint density at radius 3 is 2.60 bits per heavy atom. The molecule has 0 saturated heterocycles. The number of nitrogens with one attached hydrogen (secondary N) is 1. The van der Waals surface area contributed by atoms with Crippen molar-refractivity contribution < 1.29 is 14.6 Å². The number of ether oxygens (including phenoxy) is 1. The highest BCUT2D eigenvalue weighted by Crippen LogP contribution is 2.66. The highest BCUT2D eigenvalue weighted by Gasteiger charge is 2.61. The number of carbonyl (C=O) groups is 1. The molecule has 2 fully saturated rings. The van der Waals surface area contributed by atoms with Crippen LogP contribution in [0, 0.1) is 16.7 Å². The van der Waals surface area contributed by atoms with E-state index in [1.54, 1.807) is 0 Å². The van der Waals surface area contributed by atoms with Crippen LogP contribution in [-0.2, 0) is 9.53 Å². The van der Waals surface area contributed by atoms with Crippen LogP contribution in [0.3, 0.4) is 0 Å². The first-order valence-corrected chi connectivity index (χ1v) is 7.90. The van der Waals surface area contributed by atoms with E-state index in [2.05, 4.69) is 26.1 Å². The quantitative estimate of drug-likeness (QED) is 0.754. The Morgan fingerprint density at radius 2 is 2.15 bits per heavy atom. The Morgan fingerprint density at radius 1 is 1.45 bits per heavy atom. The molecule has 2 saturated carbocycles. The van der Waals surface area contributed by atoms with E-state index < -0.39 is 12.0 Å². The van der Waals surface area contributed by atoms with Crippen molar-refractivity contribution in [2.45, 2.75) is 65.5 Å². The molecular formula is C16H29NO3. The lowest BCUT2D eigenvalue weighted by atomic mass is 9.70. The van der Waals surface area contributed by atoms with Gasteiger partial charge in [0.15, 0.2) is 0 Å². The monoisotopic (exact) mass is 283 g/mol. The molecule has 2 rings (SSSR count). The molecular weight excluding hydrogens is 254 g/mol. The Bertz CT molecular complexity index is 369. The molecule has 0 amide bonds. The highest BCUT2D eigenvalue weighted by molar-refractivity contribution is 5.73. The number of rotatable bonds is 7. The molecule has 0 aromatic heterocycles. The fourth-order valence-corrected chi connectivity index (χ4v) is 4.27. The zero-order valence-electron chi connectivity index (χ0n) is 13.2. The van der Waals surface area contributed by atoms with E-state index in [0.717, 1.165) is 12.3 Å². The molecule has 116 valence electrons. The van der Waals surface area contributed by atoms with E-state index in [1.807, 2.05) is 6.92 Å². The van der Waals surface area contributed by atoms with Crippen LogP contribution in [0.15, 0.2) is 0 Å². The van der Waals surface area contributed by atoms with Crippen molar-refractivity contribution in [2.75, 3.05) is 13.2 Å². The first-order valence-electron chi connectivity index (χ1n) is 7.90. The van der Waals surface area contributed by atoms with Gasteiger partial charge in [-0.15, -0.1) is 0 Å². The topological polar surface area (TPSA) is 58.6 Å². The number of hydrogen-bond acceptors (Lipinski definition) is 3. The van der Waals surface area contributed by atoms with Crippen molar-refractivity contribution in [1.29, 1.82) is 0 Å². The lowest BCUT2D eigenvalue weighted by Crippen LogP contribution is -2.40. The maximum atomic E-state index is 11.1. The second-order valence-electron chi connectivity index (χ2n) is 7.21. The van der Waals surface area contributed by atoms with Crippen LogP contribution >= 0.6 is 0 Å². The minimum Gasteiger partial charge on any atom is -0.480 e. The summed E-state index contributed by atoms with van der Waals surface area (Å²) in [7, 11) is 0. The average molecular weight is 283 g/mol. The van der Waals surface area contributed by atoms with Gasteiger partial charge in [0.05, 0.1) is 6.10 Å². The van der Waals surface area contributed by atoms with Gasteiger partial charge in [-0.25, -0.2) is 0 Å². The number of fused-ring (bicyclic) bond motifs is 2. The fraction of sp³-hybridized carbons (Fsp3) is 0.938. The lowest BCUT2D eigenvalue weighted by molar-refractivity contribution is -0.140. The summed E-state index contributed by atoms with van der Waals surface area (Å²) in [4.78, 5) is 11.1. The summed E-state index contributed by atoms with van der Waals surface area (Å²) in [6.45, 7) is 10.2. The van der Waals surface area contributed by atoms with Crippen LogP contribution in [0.4, 0.5) is 0 Å². The number of carboxylic acids is 1. The third-order valence-corrected chi connectivity index (χ3v) is 6.19. The van der Waals surface area contributed by atoms with Crippen LogP contribution in [0.2, 0.25) is 0 Å². The molecule has 2 bridgehead atoms. The Kier molecular flexibility index (Phi) is 4.45. The number of likely N-dealkylation sites (N-methyl/N-ethyl adjacent to an activating group) is 1. The molecule has 2 N–H and O–H groups in total. The highest BCUT2D eigenvalue weighted by atomic mass is 16.5. The number of carboxylic acid groups (broad SMARTS) is 1. The third kappa shape index (κ3) is 2.48. The predicted molar refractivity (Wildman–Crippen MR) is 78.7 cm³/mol. The van der Waals surface area contributed by atoms with Crippen LogP contribution in [0.1, 0.15) is 53.4 Å². The summed E-state index contributed by atoms with van der Waals surface area (Å²) < 4.78 is 6.10. The fourth-order valence-electron chi connectivity index (χ4n) is 4.27. The van der Waals surface area contributed by atoms with Crippen LogP contribution in [0.5, 0.6) is 0 Å². The molecule has 2 aliphatic rings. The van der Waals surface area contributed by atoms with E-state index in [9.17, 15) is 4.79 Å². The molecule has 0 radical (unpaired) electrons. The number of aliphatic carboxylic acids is 1. The van der Waals surface area contributed by atoms with Crippen molar-refractivity contribution in [3.05, 3.63) is 0 Å². The molecule has 4 nitrogen and oxygen atoms in total. The first-order chi connectivity index (χ1) is 9.33. The van der Waals surface area contributed by atoms with Crippen LogP contribution in [-0.4, -0.2) is 36.4 Å². The largest absolute Gasteiger partial charge is 0.480 e. The van der Waals surface area contributed by atoms with E-state index in [4.69, 9.17) is 9.84 Å². The number of hydrogen-bond donors (Lipinski definition) is 2. The SMILES string of the molecule is CCNC(CCOC1CC2CCC1(C)C2(C)C)C(=O)O. The van der Waals surface area contributed by atoms with Gasteiger partial charge in [-0.3, -0.25) is 4.79 Å². The average Bonchev–Trinajstić information content (AvgIpc) is 2.70. The lowest BCUT2D eigenvalue weighted by Gasteiger charge is -2.39. The molecule has 0 aromatic rings. The van der Waals surface area contributed by atoms with Gasteiger partial charge in [0, 0.05) is 6.61 Å². The van der Waals surface area contributed by atoms with Crippen molar-refractivity contribution in [3.63, 3.8) is 0 Å². The summed E-state index contributed by atoms with van der Waals surface area (Å²) in [5.41, 5.74) is 0.611. The van der Waals surface area contributed by atoms with E-state index in [0.29, 0.717) is 31.1 Å². The van der Waals surface area contributed by atoms with Crippen molar-refractivity contribution in [1.82, 2.24) is 5.32 Å². The molecule has 0 aliphatic heterocycles. The molecule has 2 aliphatic carbocycles. The molecule has 4 unspecified atom stereocenters. The standard InChI is InChI=1S/C16H29NO3/c1-5-17-12(14(18)19)7-9-20-13-10-11-6-8-16(13,4)15(11,2)3/h11-13,17H,5-10H2,1-4H3,(H,18,19). The van der Waals surface area contributed by atoms with Gasteiger partial charge in [-0.1, -0.05) is 27.7 Å². The van der Waals surface area contributed by atoms with Gasteiger partial charge in [-0.05, 0) is 49.0 Å². The van der Waals surface area contributed by atoms with E-state index in [1.165, 1.54) is 12.8 Å². The smallest absolute Gasteiger partial charge is 0.320 e. The molecule has 0 spiro atoms. The molecule has 0 aromatic carbocycles. The van der Waals surface area contributed by atoms with Gasteiger partial charge < -0.3 is 15.2 Å². The van der Waals surface area contributed by atoms with E-state index >= 15 is 0 Å². The Hall–Kier alpha value is -0.610. The normalized spacial score (nSPS) is 36.2. The minimum absolute atomic E-state index is 0.259. The second-order valence-corrected chi connectivity index (χ2v) is 7.21. The van der Waals surface area contributed by atoms with Crippen LogP contribution in [0.25, 0.3) is 0 Å². The van der Waals surface area contributed by atoms with Gasteiger partial charge in [0.25, 0.3) is 0 Å². The van der Waals surface area contributed by atoms with Gasteiger partial charge in [0.1, 0.15) is 6.04 Å². The maximum Gasteiger partial charge on any atom is 0.320 e. The van der Waals surface area contributed by atoms with Crippen molar-refractivity contribution in [2.24, 2.45) is 16.7 Å². The van der Waals surface area contributed by atoms with Gasteiger partial charge in [-0.2, -0.15) is 0 Å². The summed E-state index contributed by atoms with van der Waals surface area (Å²) in [6, 6.07) is -0.487. The third-order valence-electron chi connectivity index (χ3n) is 6.19. The van der Waals surface area contributed by atoms with E-state index in [-0.39, 0.29) is 5.41 Å². The summed E-state index contributed by atoms with van der Waals surface area (Å²) >= 11 is 0. The predicted octanol–water partition coefficient (Wildman–Crippen LogP) is 2.67. The summed E-state index contributed by atoms with van der Waals surface area (Å²) in [6.07, 6.45) is 4.54. The Labute approximate surface area is 122 Å². The zero-order chi connectivity index (χ0) is 15.0. The summed E-state index contributed by atoms with van der Waals surface area (Å²) in [5.74, 6) is -0.0172. The molecule has 20 heavy (non-hydrogen) atoms.